The first-order valence-electron chi connectivity index (χ1n) is 5.97. The first kappa shape index (κ1) is 18.4. The van der Waals surface area contributed by atoms with Crippen LogP contribution >= 0.6 is 24.0 Å². The molecule has 1 aromatic rings. The molecule has 0 saturated carbocycles. The minimum absolute atomic E-state index is 0. The third kappa shape index (κ3) is 5.57. The zero-order valence-electron chi connectivity index (χ0n) is 11.9. The average Bonchev–Trinajstić information content (AvgIpc) is 2.45. The number of terminal acetylenes is 1. The quantitative estimate of drug-likeness (QED) is 0.351. The van der Waals surface area contributed by atoms with Gasteiger partial charge in [-0.15, -0.1) is 30.4 Å². The van der Waals surface area contributed by atoms with Crippen molar-refractivity contribution in [2.24, 2.45) is 4.99 Å². The second-order valence-corrected chi connectivity index (χ2v) is 3.55. The standard InChI is InChI=1S/C14H19N3O2.HI/c1-5-9-16-14(15-3)17-11-7-8-12(19-6-2)13(10-11)18-4;/h1,7-8,10H,6,9H2,2-4H3,(H2,15,16,17);1H. The summed E-state index contributed by atoms with van der Waals surface area (Å²) in [5.74, 6) is 4.47. The highest BCUT2D eigenvalue weighted by molar-refractivity contribution is 14.0. The highest BCUT2D eigenvalue weighted by Gasteiger charge is 2.06. The lowest BCUT2D eigenvalue weighted by Crippen LogP contribution is -2.30. The van der Waals surface area contributed by atoms with Crippen LogP contribution in [0.1, 0.15) is 6.92 Å². The monoisotopic (exact) mass is 389 g/mol. The number of halogens is 1. The molecule has 0 spiro atoms. The van der Waals surface area contributed by atoms with E-state index in [4.69, 9.17) is 15.9 Å². The number of nitrogens with one attached hydrogen (secondary N) is 2. The number of hydrogen-bond acceptors (Lipinski definition) is 3. The van der Waals surface area contributed by atoms with Crippen molar-refractivity contribution in [1.82, 2.24) is 5.32 Å². The number of ether oxygens (including phenoxy) is 2. The minimum atomic E-state index is 0. The molecule has 110 valence electrons. The molecule has 5 nitrogen and oxygen atoms in total. The predicted octanol–water partition coefficient (Wildman–Crippen LogP) is 2.33. The van der Waals surface area contributed by atoms with Gasteiger partial charge < -0.3 is 20.1 Å². The zero-order valence-corrected chi connectivity index (χ0v) is 14.2. The molecular weight excluding hydrogens is 369 g/mol. The molecule has 6 heteroatoms. The summed E-state index contributed by atoms with van der Waals surface area (Å²) in [4.78, 5) is 4.06. The van der Waals surface area contributed by atoms with E-state index in [0.717, 1.165) is 5.69 Å². The molecule has 2 N–H and O–H groups in total. The summed E-state index contributed by atoms with van der Waals surface area (Å²) in [5, 5.41) is 6.09. The van der Waals surface area contributed by atoms with E-state index in [-0.39, 0.29) is 24.0 Å². The van der Waals surface area contributed by atoms with Gasteiger partial charge in [0.05, 0.1) is 20.3 Å². The van der Waals surface area contributed by atoms with Gasteiger partial charge >= 0.3 is 0 Å². The number of anilines is 1. The van der Waals surface area contributed by atoms with Crippen LogP contribution in [-0.2, 0) is 0 Å². The van der Waals surface area contributed by atoms with Crippen LogP contribution in [0.5, 0.6) is 11.5 Å². The fourth-order valence-corrected chi connectivity index (χ4v) is 1.47. The van der Waals surface area contributed by atoms with E-state index < -0.39 is 0 Å². The molecule has 0 saturated heterocycles. The summed E-state index contributed by atoms with van der Waals surface area (Å²) in [6.45, 7) is 2.93. The maximum atomic E-state index is 5.45. The number of hydrogen-bond donors (Lipinski definition) is 2. The second-order valence-electron chi connectivity index (χ2n) is 3.55. The summed E-state index contributed by atoms with van der Waals surface area (Å²) in [6.07, 6.45) is 5.19. The first-order chi connectivity index (χ1) is 9.24. The van der Waals surface area contributed by atoms with E-state index in [9.17, 15) is 0 Å². The molecule has 0 amide bonds. The summed E-state index contributed by atoms with van der Waals surface area (Å²) < 4.78 is 10.7. The van der Waals surface area contributed by atoms with E-state index >= 15 is 0 Å². The van der Waals surface area contributed by atoms with Crippen LogP contribution in [0, 0.1) is 12.3 Å². The number of methoxy groups -OCH3 is 1. The summed E-state index contributed by atoms with van der Waals surface area (Å²) >= 11 is 0. The molecule has 0 heterocycles. The largest absolute Gasteiger partial charge is 0.493 e. The van der Waals surface area contributed by atoms with Crippen molar-refractivity contribution in [3.05, 3.63) is 18.2 Å². The third-order valence-electron chi connectivity index (χ3n) is 2.31. The molecule has 0 radical (unpaired) electrons. The van der Waals surface area contributed by atoms with Gasteiger partial charge in [-0.05, 0) is 19.1 Å². The van der Waals surface area contributed by atoms with Gasteiger partial charge in [0.25, 0.3) is 0 Å². The van der Waals surface area contributed by atoms with Crippen LogP contribution in [0.25, 0.3) is 0 Å². The van der Waals surface area contributed by atoms with Crippen molar-refractivity contribution in [3.63, 3.8) is 0 Å². The Morgan fingerprint density at radius 2 is 2.15 bits per heavy atom. The van der Waals surface area contributed by atoms with Crippen molar-refractivity contribution in [3.8, 4) is 23.8 Å². The van der Waals surface area contributed by atoms with E-state index in [1.165, 1.54) is 0 Å². The highest BCUT2D eigenvalue weighted by Crippen LogP contribution is 2.30. The summed E-state index contributed by atoms with van der Waals surface area (Å²) in [7, 11) is 3.28. The molecule has 0 aliphatic rings. The van der Waals surface area contributed by atoms with Gasteiger partial charge in [0.2, 0.25) is 0 Å². The lowest BCUT2D eigenvalue weighted by atomic mass is 10.2. The van der Waals surface area contributed by atoms with Crippen molar-refractivity contribution < 1.29 is 9.47 Å². The molecule has 20 heavy (non-hydrogen) atoms. The van der Waals surface area contributed by atoms with Gasteiger partial charge in [-0.2, -0.15) is 0 Å². The molecule has 0 unspecified atom stereocenters. The molecule has 0 bridgehead atoms. The maximum Gasteiger partial charge on any atom is 0.196 e. The number of aliphatic imine (C=N–C) groups is 1. The fourth-order valence-electron chi connectivity index (χ4n) is 1.47. The van der Waals surface area contributed by atoms with Crippen LogP contribution in [0.3, 0.4) is 0 Å². The predicted molar refractivity (Wildman–Crippen MR) is 93.4 cm³/mol. The van der Waals surface area contributed by atoms with Crippen LogP contribution in [0.4, 0.5) is 5.69 Å². The molecule has 0 atom stereocenters. The van der Waals surface area contributed by atoms with Gasteiger partial charge in [0.1, 0.15) is 0 Å². The smallest absolute Gasteiger partial charge is 0.196 e. The Morgan fingerprint density at radius 1 is 1.40 bits per heavy atom. The fraction of sp³-hybridized carbons (Fsp3) is 0.357. The SMILES string of the molecule is C#CCNC(=NC)Nc1ccc(OCC)c(OC)c1.I. The maximum absolute atomic E-state index is 5.45. The minimum Gasteiger partial charge on any atom is -0.493 e. The number of nitrogens with zero attached hydrogens (tertiary/aromatic N) is 1. The Labute approximate surface area is 137 Å². The van der Waals surface area contributed by atoms with Crippen LogP contribution in [0.2, 0.25) is 0 Å². The Kier molecular flexibility index (Phi) is 9.38. The summed E-state index contributed by atoms with van der Waals surface area (Å²) in [5.41, 5.74) is 0.838. The number of benzene rings is 1. The third-order valence-corrected chi connectivity index (χ3v) is 2.31. The topological polar surface area (TPSA) is 54.9 Å². The van der Waals surface area contributed by atoms with E-state index in [1.807, 2.05) is 25.1 Å². The van der Waals surface area contributed by atoms with Crippen molar-refractivity contribution in [1.29, 1.82) is 0 Å². The van der Waals surface area contributed by atoms with Crippen LogP contribution in [0.15, 0.2) is 23.2 Å². The Hall–Kier alpha value is -1.62. The lowest BCUT2D eigenvalue weighted by Gasteiger charge is -2.13. The van der Waals surface area contributed by atoms with Gasteiger partial charge in [-0.1, -0.05) is 5.92 Å². The molecule has 0 aliphatic carbocycles. The van der Waals surface area contributed by atoms with Crippen LogP contribution < -0.4 is 20.1 Å². The molecule has 1 aromatic carbocycles. The normalized spacial score (nSPS) is 10.0. The lowest BCUT2D eigenvalue weighted by molar-refractivity contribution is 0.311. The van der Waals surface area contributed by atoms with Gasteiger partial charge in [0.15, 0.2) is 17.5 Å². The second kappa shape index (κ2) is 10.2. The Bertz CT molecular complexity index is 484. The highest BCUT2D eigenvalue weighted by atomic mass is 127. The average molecular weight is 389 g/mol. The van der Waals surface area contributed by atoms with Gasteiger partial charge in [-0.25, -0.2) is 0 Å². The van der Waals surface area contributed by atoms with E-state index in [0.29, 0.717) is 30.6 Å². The molecule has 0 aliphatic heterocycles. The first-order valence-corrected chi connectivity index (χ1v) is 5.97. The van der Waals surface area contributed by atoms with E-state index in [2.05, 4.69) is 21.5 Å². The van der Waals surface area contributed by atoms with E-state index in [1.54, 1.807) is 14.2 Å². The molecule has 1 rings (SSSR count). The Morgan fingerprint density at radius 3 is 2.70 bits per heavy atom. The van der Waals surface area contributed by atoms with Crippen molar-refractivity contribution in [2.75, 3.05) is 32.6 Å². The molecule has 0 fully saturated rings. The number of guanidine groups is 1. The van der Waals surface area contributed by atoms with Crippen molar-refractivity contribution in [2.45, 2.75) is 6.92 Å². The van der Waals surface area contributed by atoms with Crippen LogP contribution in [-0.4, -0.2) is 33.3 Å². The number of rotatable bonds is 5. The summed E-state index contributed by atoms with van der Waals surface area (Å²) in [6, 6.07) is 5.57. The van der Waals surface area contributed by atoms with Crippen molar-refractivity contribution >= 4 is 35.6 Å². The molecule has 0 aromatic heterocycles. The molecular formula is C14H20IN3O2. The van der Waals surface area contributed by atoms with Gasteiger partial charge in [0, 0.05) is 18.8 Å². The zero-order chi connectivity index (χ0) is 14.1. The Balaban J connectivity index is 0.00000361. The van der Waals surface area contributed by atoms with Gasteiger partial charge in [-0.3, -0.25) is 4.99 Å².